The lowest BCUT2D eigenvalue weighted by molar-refractivity contribution is -0.136. The van der Waals surface area contributed by atoms with Crippen LogP contribution in [-0.2, 0) is 4.79 Å². The minimum atomic E-state index is -0.736. The molecule has 2 N–H and O–H groups in total. The second-order valence-electron chi connectivity index (χ2n) is 8.73. The number of allylic oxidation sites excluding steroid dienone is 1. The van der Waals surface area contributed by atoms with E-state index >= 15 is 0 Å². The van der Waals surface area contributed by atoms with E-state index in [0.717, 1.165) is 38.5 Å². The first-order valence-electron chi connectivity index (χ1n) is 8.96. The molecule has 3 fully saturated rings. The van der Waals surface area contributed by atoms with E-state index in [1.807, 2.05) is 0 Å². The van der Waals surface area contributed by atoms with Crippen LogP contribution in [-0.4, -0.2) is 28.2 Å². The highest BCUT2D eigenvalue weighted by molar-refractivity contribution is 5.91. The molecule has 0 aliphatic heterocycles. The SMILES string of the molecule is C[C@@]12CC[C@@H](O)CC1=CC[C@H]1[C@H]2CC[C@]2(C)C(=O)[C@H](O)C[C@@H]12. The Labute approximate surface area is 132 Å². The van der Waals surface area contributed by atoms with Crippen LogP contribution in [0.25, 0.3) is 0 Å². The van der Waals surface area contributed by atoms with Gasteiger partial charge in [0.2, 0.25) is 0 Å². The predicted molar refractivity (Wildman–Crippen MR) is 84.1 cm³/mol. The summed E-state index contributed by atoms with van der Waals surface area (Å²) < 4.78 is 0. The molecule has 4 aliphatic rings. The van der Waals surface area contributed by atoms with Crippen LogP contribution in [0.5, 0.6) is 0 Å². The lowest BCUT2D eigenvalue weighted by Gasteiger charge is -2.56. The van der Waals surface area contributed by atoms with Crippen LogP contribution in [0.1, 0.15) is 58.8 Å². The summed E-state index contributed by atoms with van der Waals surface area (Å²) in [5.74, 6) is 1.59. The predicted octanol–water partition coefficient (Wildman–Crippen LogP) is 2.85. The first kappa shape index (κ1) is 14.9. The molecule has 3 heteroatoms. The van der Waals surface area contributed by atoms with Crippen LogP contribution in [0.3, 0.4) is 0 Å². The number of hydrogen-bond donors (Lipinski definition) is 2. The number of rotatable bonds is 0. The van der Waals surface area contributed by atoms with Crippen LogP contribution in [0.15, 0.2) is 11.6 Å². The van der Waals surface area contributed by atoms with Crippen molar-refractivity contribution in [2.45, 2.75) is 71.0 Å². The van der Waals surface area contributed by atoms with Crippen LogP contribution in [0, 0.1) is 28.6 Å². The summed E-state index contributed by atoms with van der Waals surface area (Å²) in [6, 6.07) is 0. The lowest BCUT2D eigenvalue weighted by atomic mass is 9.48. The summed E-state index contributed by atoms with van der Waals surface area (Å²) in [6.45, 7) is 4.48. The Morgan fingerprint density at radius 1 is 1.09 bits per heavy atom. The fraction of sp³-hybridized carbons (Fsp3) is 0.842. The van der Waals surface area contributed by atoms with Gasteiger partial charge in [-0.15, -0.1) is 0 Å². The molecule has 4 rings (SSSR count). The third kappa shape index (κ3) is 1.78. The molecule has 0 spiro atoms. The number of carbonyl (C=O) groups excluding carboxylic acids is 1. The Bertz CT molecular complexity index is 539. The Balaban J connectivity index is 1.70. The molecule has 4 aliphatic carbocycles. The summed E-state index contributed by atoms with van der Waals surface area (Å²) in [6.07, 6.45) is 8.00. The summed E-state index contributed by atoms with van der Waals surface area (Å²) in [4.78, 5) is 12.4. The van der Waals surface area contributed by atoms with Crippen molar-refractivity contribution in [3.8, 4) is 0 Å². The molecule has 0 amide bonds. The second-order valence-corrected chi connectivity index (χ2v) is 8.73. The maximum Gasteiger partial charge on any atom is 0.167 e. The van der Waals surface area contributed by atoms with Gasteiger partial charge in [-0.05, 0) is 68.1 Å². The van der Waals surface area contributed by atoms with Crippen LogP contribution in [0.2, 0.25) is 0 Å². The van der Waals surface area contributed by atoms with Gasteiger partial charge in [-0.25, -0.2) is 0 Å². The quantitative estimate of drug-likeness (QED) is 0.677. The molecule has 0 aromatic carbocycles. The van der Waals surface area contributed by atoms with Crippen molar-refractivity contribution in [3.05, 3.63) is 11.6 Å². The maximum absolute atomic E-state index is 12.4. The average molecular weight is 304 g/mol. The minimum Gasteiger partial charge on any atom is -0.393 e. The van der Waals surface area contributed by atoms with Gasteiger partial charge in [-0.3, -0.25) is 4.79 Å². The molecule has 7 atom stereocenters. The largest absolute Gasteiger partial charge is 0.393 e. The number of fused-ring (bicyclic) bond motifs is 5. The van der Waals surface area contributed by atoms with E-state index in [2.05, 4.69) is 19.9 Å². The number of ketones is 1. The van der Waals surface area contributed by atoms with Crippen molar-refractivity contribution in [3.63, 3.8) is 0 Å². The molecular weight excluding hydrogens is 276 g/mol. The summed E-state index contributed by atoms with van der Waals surface area (Å²) in [7, 11) is 0. The average Bonchev–Trinajstić information content (AvgIpc) is 2.72. The monoisotopic (exact) mass is 304 g/mol. The van der Waals surface area contributed by atoms with Gasteiger partial charge in [0, 0.05) is 5.41 Å². The second kappa shape index (κ2) is 4.67. The summed E-state index contributed by atoms with van der Waals surface area (Å²) in [5, 5.41) is 20.1. The molecule has 22 heavy (non-hydrogen) atoms. The summed E-state index contributed by atoms with van der Waals surface area (Å²) in [5.41, 5.74) is 1.37. The van der Waals surface area contributed by atoms with E-state index in [1.54, 1.807) is 0 Å². The van der Waals surface area contributed by atoms with E-state index in [0.29, 0.717) is 24.2 Å². The topological polar surface area (TPSA) is 57.5 Å². The molecule has 0 saturated heterocycles. The Morgan fingerprint density at radius 3 is 2.59 bits per heavy atom. The standard InChI is InChI=1S/C19H28O3/c1-18-7-5-12(20)9-11(18)3-4-13-14(18)6-8-19(2)15(13)10-16(21)17(19)22/h3,12-16,20-21H,4-10H2,1-2H3/t12-,13+,14-,15+,16-,18-,19+/m1/s1. The summed E-state index contributed by atoms with van der Waals surface area (Å²) >= 11 is 0. The molecule has 0 aromatic heterocycles. The molecule has 0 aromatic rings. The molecule has 0 heterocycles. The zero-order valence-electron chi connectivity index (χ0n) is 13.7. The van der Waals surface area contributed by atoms with Gasteiger partial charge in [0.15, 0.2) is 5.78 Å². The highest BCUT2D eigenvalue weighted by atomic mass is 16.3. The lowest BCUT2D eigenvalue weighted by Crippen LogP contribution is -2.50. The van der Waals surface area contributed by atoms with Gasteiger partial charge in [-0.1, -0.05) is 25.5 Å². The highest BCUT2D eigenvalue weighted by Crippen LogP contribution is 2.63. The van der Waals surface area contributed by atoms with E-state index in [1.165, 1.54) is 5.57 Å². The minimum absolute atomic E-state index is 0.0925. The van der Waals surface area contributed by atoms with Crippen LogP contribution in [0.4, 0.5) is 0 Å². The van der Waals surface area contributed by atoms with Crippen molar-refractivity contribution in [2.24, 2.45) is 28.6 Å². The van der Waals surface area contributed by atoms with Gasteiger partial charge in [0.05, 0.1) is 6.10 Å². The number of aliphatic hydroxyl groups is 2. The van der Waals surface area contributed by atoms with Gasteiger partial charge >= 0.3 is 0 Å². The van der Waals surface area contributed by atoms with E-state index < -0.39 is 6.10 Å². The maximum atomic E-state index is 12.4. The van der Waals surface area contributed by atoms with Crippen molar-refractivity contribution >= 4 is 5.78 Å². The highest BCUT2D eigenvalue weighted by Gasteiger charge is 2.60. The molecule has 0 unspecified atom stereocenters. The third-order valence-corrected chi connectivity index (χ3v) is 7.81. The number of aliphatic hydroxyl groups excluding tert-OH is 2. The van der Waals surface area contributed by atoms with Gasteiger partial charge < -0.3 is 10.2 Å². The van der Waals surface area contributed by atoms with Crippen molar-refractivity contribution in [1.29, 1.82) is 0 Å². The van der Waals surface area contributed by atoms with Gasteiger partial charge in [-0.2, -0.15) is 0 Å². The Kier molecular flexibility index (Phi) is 3.16. The van der Waals surface area contributed by atoms with E-state index in [9.17, 15) is 15.0 Å². The smallest absolute Gasteiger partial charge is 0.167 e. The zero-order valence-corrected chi connectivity index (χ0v) is 13.7. The number of hydrogen-bond acceptors (Lipinski definition) is 3. The van der Waals surface area contributed by atoms with Gasteiger partial charge in [0.1, 0.15) is 6.10 Å². The fourth-order valence-corrected chi connectivity index (χ4v) is 6.43. The molecule has 0 radical (unpaired) electrons. The first-order valence-corrected chi connectivity index (χ1v) is 8.96. The van der Waals surface area contributed by atoms with Crippen molar-refractivity contribution in [2.75, 3.05) is 0 Å². The number of carbonyl (C=O) groups is 1. The van der Waals surface area contributed by atoms with Crippen molar-refractivity contribution < 1.29 is 15.0 Å². The van der Waals surface area contributed by atoms with Gasteiger partial charge in [0.25, 0.3) is 0 Å². The van der Waals surface area contributed by atoms with E-state index in [4.69, 9.17) is 0 Å². The molecular formula is C19H28O3. The number of Topliss-reactive ketones (excluding diaryl/α,β-unsaturated/α-hetero) is 1. The Morgan fingerprint density at radius 2 is 1.82 bits per heavy atom. The van der Waals surface area contributed by atoms with Crippen LogP contribution < -0.4 is 0 Å². The Hall–Kier alpha value is -0.670. The fourth-order valence-electron chi connectivity index (χ4n) is 6.43. The van der Waals surface area contributed by atoms with E-state index in [-0.39, 0.29) is 22.7 Å². The van der Waals surface area contributed by atoms with Crippen LogP contribution >= 0.6 is 0 Å². The molecule has 3 nitrogen and oxygen atoms in total. The molecule has 122 valence electrons. The third-order valence-electron chi connectivity index (χ3n) is 7.81. The normalized spacial score (nSPS) is 54.3. The first-order chi connectivity index (χ1) is 10.4. The molecule has 0 bridgehead atoms. The van der Waals surface area contributed by atoms with Crippen molar-refractivity contribution in [1.82, 2.24) is 0 Å². The zero-order chi connectivity index (χ0) is 15.7. The molecule has 3 saturated carbocycles.